The Morgan fingerprint density at radius 1 is 1.20 bits per heavy atom. The van der Waals surface area contributed by atoms with Crippen molar-refractivity contribution in [2.45, 2.75) is 18.8 Å². The third kappa shape index (κ3) is 4.87. The van der Waals surface area contributed by atoms with Crippen molar-refractivity contribution in [1.82, 2.24) is 9.88 Å². The van der Waals surface area contributed by atoms with E-state index in [4.69, 9.17) is 5.53 Å². The second kappa shape index (κ2) is 8.39. The van der Waals surface area contributed by atoms with Gasteiger partial charge in [0.25, 0.3) is 0 Å². The number of rotatable bonds is 6. The molecule has 1 aromatic heterocycles. The van der Waals surface area contributed by atoms with E-state index in [-0.39, 0.29) is 5.88 Å². The summed E-state index contributed by atoms with van der Waals surface area (Å²) >= 11 is 0. The summed E-state index contributed by atoms with van der Waals surface area (Å²) in [6.07, 6.45) is 3.78. The molecule has 130 valence electrons. The fraction of sp³-hybridized carbons (Fsp3) is 0.316. The second-order valence-corrected chi connectivity index (χ2v) is 6.23. The predicted molar refractivity (Wildman–Crippen MR) is 97.6 cm³/mol. The Balaban J connectivity index is 1.53. The first-order chi connectivity index (χ1) is 12.2. The third-order valence-electron chi connectivity index (χ3n) is 4.47. The van der Waals surface area contributed by atoms with Gasteiger partial charge in [-0.05, 0) is 44.1 Å². The molecule has 3 rings (SSSR count). The van der Waals surface area contributed by atoms with Crippen LogP contribution in [0.4, 0.5) is 5.69 Å². The van der Waals surface area contributed by atoms with Crippen LogP contribution in [0.1, 0.15) is 24.5 Å². The largest absolute Gasteiger partial charge is 0.493 e. The molecule has 0 saturated carbocycles. The quantitative estimate of drug-likeness (QED) is 0.697. The molecule has 1 aliphatic rings. The Morgan fingerprint density at radius 2 is 1.96 bits per heavy atom. The molecule has 1 fully saturated rings. The van der Waals surface area contributed by atoms with Gasteiger partial charge in [-0.25, -0.2) is 10.5 Å². The second-order valence-electron chi connectivity index (χ2n) is 6.23. The normalized spacial score (nSPS) is 16.6. The van der Waals surface area contributed by atoms with Crippen LogP contribution < -0.4 is 5.32 Å². The van der Waals surface area contributed by atoms with Crippen LogP contribution in [0.15, 0.2) is 65.5 Å². The Bertz CT molecular complexity index is 724. The number of nitrogens with zero attached hydrogens (tertiary/aromatic N) is 3. The van der Waals surface area contributed by atoms with Crippen LogP contribution in [0.25, 0.3) is 0 Å². The van der Waals surface area contributed by atoms with Crippen molar-refractivity contribution in [3.05, 3.63) is 66.1 Å². The molecule has 0 spiro atoms. The zero-order chi connectivity index (χ0) is 17.5. The van der Waals surface area contributed by atoms with Crippen molar-refractivity contribution in [2.24, 2.45) is 5.11 Å². The maximum atomic E-state index is 9.53. The Labute approximate surface area is 147 Å². The summed E-state index contributed by atoms with van der Waals surface area (Å²) in [6.45, 7) is 2.52. The highest BCUT2D eigenvalue weighted by molar-refractivity contribution is 5.45. The van der Waals surface area contributed by atoms with Crippen LogP contribution in [0.5, 0.6) is 5.88 Å². The number of hydrogen-bond acceptors (Lipinski definition) is 6. The van der Waals surface area contributed by atoms with Gasteiger partial charge in [0.2, 0.25) is 5.88 Å². The fourth-order valence-corrected chi connectivity index (χ4v) is 3.10. The molecule has 25 heavy (non-hydrogen) atoms. The van der Waals surface area contributed by atoms with Crippen molar-refractivity contribution < 1.29 is 5.11 Å². The first-order valence-corrected chi connectivity index (χ1v) is 8.51. The number of nitrogens with one attached hydrogen (secondary N) is 2. The first-order valence-electron chi connectivity index (χ1n) is 8.51. The minimum atomic E-state index is 0.0881. The van der Waals surface area contributed by atoms with E-state index in [1.54, 1.807) is 12.3 Å². The van der Waals surface area contributed by atoms with Crippen molar-refractivity contribution in [1.29, 1.82) is 5.53 Å². The third-order valence-corrected chi connectivity index (χ3v) is 4.47. The van der Waals surface area contributed by atoms with Crippen molar-refractivity contribution in [3.8, 4) is 5.88 Å². The molecule has 0 unspecified atom stereocenters. The van der Waals surface area contributed by atoms with Gasteiger partial charge in [-0.15, -0.1) is 0 Å². The number of para-hydroxylation sites is 1. The maximum Gasteiger partial charge on any atom is 0.210 e. The molecule has 0 radical (unpaired) electrons. The van der Waals surface area contributed by atoms with E-state index in [1.165, 1.54) is 0 Å². The SMILES string of the molecule is N=N/C(=C\Nc1ccccc1)CN1CCC(c2cccc(O)n2)CC1. The number of pyridine rings is 1. The number of anilines is 1. The van der Waals surface area contributed by atoms with Crippen molar-refractivity contribution >= 4 is 5.69 Å². The molecule has 6 heteroatoms. The van der Waals surface area contributed by atoms with Crippen LogP contribution in [0, 0.1) is 5.53 Å². The smallest absolute Gasteiger partial charge is 0.210 e. The van der Waals surface area contributed by atoms with E-state index < -0.39 is 0 Å². The molecule has 0 aliphatic carbocycles. The molecule has 1 saturated heterocycles. The number of piperidine rings is 1. The lowest BCUT2D eigenvalue weighted by Gasteiger charge is -2.31. The lowest BCUT2D eigenvalue weighted by atomic mass is 9.93. The monoisotopic (exact) mass is 337 g/mol. The number of hydrogen-bond donors (Lipinski definition) is 3. The lowest BCUT2D eigenvalue weighted by molar-refractivity contribution is 0.225. The van der Waals surface area contributed by atoms with E-state index >= 15 is 0 Å². The van der Waals surface area contributed by atoms with Gasteiger partial charge in [-0.1, -0.05) is 24.3 Å². The van der Waals surface area contributed by atoms with Gasteiger partial charge in [-0.2, -0.15) is 5.11 Å². The molecule has 0 atom stereocenters. The average molecular weight is 337 g/mol. The van der Waals surface area contributed by atoms with Gasteiger partial charge in [0.15, 0.2) is 0 Å². The molecule has 1 aromatic carbocycles. The fourth-order valence-electron chi connectivity index (χ4n) is 3.10. The summed E-state index contributed by atoms with van der Waals surface area (Å²) in [6, 6.07) is 15.3. The van der Waals surface area contributed by atoms with Gasteiger partial charge in [0.1, 0.15) is 0 Å². The molecular formula is C19H23N5O. The topological polar surface area (TPSA) is 84.6 Å². The van der Waals surface area contributed by atoms with E-state index in [9.17, 15) is 5.11 Å². The Morgan fingerprint density at radius 3 is 2.64 bits per heavy atom. The summed E-state index contributed by atoms with van der Waals surface area (Å²) in [5, 5.41) is 16.4. The van der Waals surface area contributed by atoms with Crippen LogP contribution in [-0.4, -0.2) is 34.6 Å². The number of benzene rings is 1. The van der Waals surface area contributed by atoms with E-state index in [0.29, 0.717) is 18.2 Å². The number of likely N-dealkylation sites (tertiary alicyclic amines) is 1. The molecule has 0 amide bonds. The highest BCUT2D eigenvalue weighted by Gasteiger charge is 2.22. The summed E-state index contributed by atoms with van der Waals surface area (Å²) in [4.78, 5) is 6.53. The van der Waals surface area contributed by atoms with Crippen molar-refractivity contribution in [3.63, 3.8) is 0 Å². The minimum Gasteiger partial charge on any atom is -0.493 e. The van der Waals surface area contributed by atoms with Crippen molar-refractivity contribution in [2.75, 3.05) is 25.0 Å². The molecule has 2 aromatic rings. The highest BCUT2D eigenvalue weighted by Crippen LogP contribution is 2.28. The first kappa shape index (κ1) is 17.1. The predicted octanol–water partition coefficient (Wildman–Crippen LogP) is 3.95. The maximum absolute atomic E-state index is 9.53. The standard InChI is InChI=1S/C19H23N5O/c20-23-17(13-21-16-5-2-1-3-6-16)14-24-11-9-15(10-12-24)18-7-4-8-19(25)22-18/h1-8,13,15,20-21H,9-12,14H2,(H,22,25)/b17-13-,23-20?. The molecule has 3 N–H and O–H groups in total. The van der Waals surface area contributed by atoms with Gasteiger partial charge >= 0.3 is 0 Å². The van der Waals surface area contributed by atoms with Gasteiger partial charge in [0, 0.05) is 36.1 Å². The molecule has 2 heterocycles. The van der Waals surface area contributed by atoms with Crippen LogP contribution in [0.3, 0.4) is 0 Å². The zero-order valence-corrected chi connectivity index (χ0v) is 14.1. The number of aromatic nitrogens is 1. The van der Waals surface area contributed by atoms with E-state index in [1.807, 2.05) is 42.5 Å². The molecule has 0 bridgehead atoms. The van der Waals surface area contributed by atoms with Crippen LogP contribution in [-0.2, 0) is 0 Å². The Kier molecular flexibility index (Phi) is 5.74. The summed E-state index contributed by atoms with van der Waals surface area (Å²) in [5.74, 6) is 0.469. The minimum absolute atomic E-state index is 0.0881. The van der Waals surface area contributed by atoms with E-state index in [2.05, 4.69) is 20.3 Å². The average Bonchev–Trinajstić information content (AvgIpc) is 2.66. The lowest BCUT2D eigenvalue weighted by Crippen LogP contribution is -2.34. The molecule has 1 aliphatic heterocycles. The van der Waals surface area contributed by atoms with Gasteiger partial charge in [0.05, 0.1) is 5.70 Å². The summed E-state index contributed by atoms with van der Waals surface area (Å²) in [5.41, 5.74) is 10.0. The van der Waals surface area contributed by atoms with Gasteiger partial charge in [-0.3, -0.25) is 4.90 Å². The molecule has 6 nitrogen and oxygen atoms in total. The van der Waals surface area contributed by atoms with Gasteiger partial charge < -0.3 is 10.4 Å². The van der Waals surface area contributed by atoms with Crippen LogP contribution >= 0.6 is 0 Å². The zero-order valence-electron chi connectivity index (χ0n) is 14.1. The summed E-state index contributed by atoms with van der Waals surface area (Å²) in [7, 11) is 0. The van der Waals surface area contributed by atoms with E-state index in [0.717, 1.165) is 37.3 Å². The van der Waals surface area contributed by atoms with Crippen LogP contribution in [0.2, 0.25) is 0 Å². The number of aromatic hydroxyl groups is 1. The molecular weight excluding hydrogens is 314 g/mol. The Hall–Kier alpha value is -2.73. The highest BCUT2D eigenvalue weighted by atomic mass is 16.3. The summed E-state index contributed by atoms with van der Waals surface area (Å²) < 4.78 is 0.